The zero-order valence-corrected chi connectivity index (χ0v) is 16.1. The molecule has 0 bridgehead atoms. The molecular weight excluding hydrogens is 336 g/mol. The number of rotatable bonds is 5. The van der Waals surface area contributed by atoms with Crippen LogP contribution in [0.5, 0.6) is 0 Å². The van der Waals surface area contributed by atoms with E-state index >= 15 is 0 Å². The number of carbonyl (C=O) groups is 1. The van der Waals surface area contributed by atoms with Gasteiger partial charge in [-0.1, -0.05) is 30.3 Å². The molecule has 3 aliphatic rings. The first kappa shape index (κ1) is 17.0. The van der Waals surface area contributed by atoms with Crippen molar-refractivity contribution in [1.82, 2.24) is 19.6 Å². The van der Waals surface area contributed by atoms with E-state index in [1.165, 1.54) is 24.0 Å². The molecule has 3 fully saturated rings. The highest BCUT2D eigenvalue weighted by Gasteiger charge is 2.61. The second-order valence-electron chi connectivity index (χ2n) is 8.67. The molecule has 1 amide bonds. The maximum atomic E-state index is 13.2. The van der Waals surface area contributed by atoms with Gasteiger partial charge in [0, 0.05) is 31.9 Å². The molecule has 2 aromatic rings. The van der Waals surface area contributed by atoms with Gasteiger partial charge >= 0.3 is 0 Å². The number of aromatic nitrogens is 2. The van der Waals surface area contributed by atoms with Crippen LogP contribution in [-0.4, -0.2) is 45.1 Å². The molecule has 1 spiro atoms. The topological polar surface area (TPSA) is 41.4 Å². The fourth-order valence-corrected chi connectivity index (χ4v) is 5.06. The molecule has 0 N–H and O–H groups in total. The predicted octanol–water partition coefficient (Wildman–Crippen LogP) is 3.00. The zero-order chi connectivity index (χ0) is 18.4. The summed E-state index contributed by atoms with van der Waals surface area (Å²) in [5.74, 6) is 1.15. The highest BCUT2D eigenvalue weighted by molar-refractivity contribution is 5.91. The fraction of sp³-hybridized carbons (Fsp3) is 0.545. The third kappa shape index (κ3) is 2.98. The van der Waals surface area contributed by atoms with Crippen LogP contribution in [-0.2, 0) is 18.4 Å². The molecule has 142 valence electrons. The Bertz CT molecular complexity index is 818. The smallest absolute Gasteiger partial charge is 0.231 e. The summed E-state index contributed by atoms with van der Waals surface area (Å²) in [6.45, 7) is 3.86. The van der Waals surface area contributed by atoms with Gasteiger partial charge in [-0.2, -0.15) is 5.10 Å². The standard InChI is InChI=1S/C22H28N4O/c1-24-14-18(13-23-24)15-25-11-9-22(10-12-25)20(19-5-3-2-4-6-19)26(21(22)27)16-17-7-8-17/h2-6,13-14,17,20H,7-12,15-16H2,1H3/t20-/m0/s1. The SMILES string of the molecule is Cn1cc(CN2CCC3(CC2)C(=O)N(CC2CC2)[C@H]3c2ccccc2)cn1. The van der Waals surface area contributed by atoms with E-state index in [0.29, 0.717) is 5.91 Å². The lowest BCUT2D eigenvalue weighted by molar-refractivity contribution is -0.181. The second-order valence-corrected chi connectivity index (χ2v) is 8.67. The van der Waals surface area contributed by atoms with Crippen LogP contribution >= 0.6 is 0 Å². The van der Waals surface area contributed by atoms with Crippen LogP contribution in [0.25, 0.3) is 0 Å². The molecule has 1 atom stereocenters. The van der Waals surface area contributed by atoms with E-state index in [1.807, 2.05) is 17.9 Å². The number of carbonyl (C=O) groups excluding carboxylic acids is 1. The number of nitrogens with zero attached hydrogens (tertiary/aromatic N) is 4. The van der Waals surface area contributed by atoms with Crippen LogP contribution < -0.4 is 0 Å². The molecule has 27 heavy (non-hydrogen) atoms. The number of hydrogen-bond acceptors (Lipinski definition) is 3. The van der Waals surface area contributed by atoms with Gasteiger partial charge in [-0.3, -0.25) is 14.4 Å². The van der Waals surface area contributed by atoms with E-state index in [9.17, 15) is 4.79 Å². The Kier molecular flexibility index (Phi) is 4.08. The maximum Gasteiger partial charge on any atom is 0.231 e. The second kappa shape index (κ2) is 6.48. The van der Waals surface area contributed by atoms with Gasteiger partial charge in [-0.05, 0) is 50.3 Å². The molecule has 5 nitrogen and oxygen atoms in total. The summed E-state index contributed by atoms with van der Waals surface area (Å²) < 4.78 is 1.86. The van der Waals surface area contributed by atoms with Gasteiger partial charge in [0.25, 0.3) is 0 Å². The van der Waals surface area contributed by atoms with Crippen LogP contribution in [0.3, 0.4) is 0 Å². The highest BCUT2D eigenvalue weighted by Crippen LogP contribution is 2.57. The van der Waals surface area contributed by atoms with Gasteiger partial charge in [-0.25, -0.2) is 0 Å². The molecule has 2 saturated heterocycles. The molecule has 5 heteroatoms. The van der Waals surface area contributed by atoms with Crippen molar-refractivity contribution in [3.8, 4) is 0 Å². The number of amides is 1. The Balaban J connectivity index is 1.32. The summed E-state index contributed by atoms with van der Waals surface area (Å²) in [6, 6.07) is 11.0. The normalized spacial score (nSPS) is 25.0. The van der Waals surface area contributed by atoms with Crippen molar-refractivity contribution < 1.29 is 4.79 Å². The van der Waals surface area contributed by atoms with Gasteiger partial charge in [0.05, 0.1) is 17.7 Å². The Morgan fingerprint density at radius 3 is 2.52 bits per heavy atom. The Hall–Kier alpha value is -2.14. The first-order chi connectivity index (χ1) is 13.2. The third-order valence-corrected chi connectivity index (χ3v) is 6.70. The van der Waals surface area contributed by atoms with Crippen LogP contribution in [0, 0.1) is 11.3 Å². The van der Waals surface area contributed by atoms with E-state index in [0.717, 1.165) is 44.9 Å². The number of likely N-dealkylation sites (tertiary alicyclic amines) is 2. The molecular formula is C22H28N4O. The summed E-state index contributed by atoms with van der Waals surface area (Å²) >= 11 is 0. The van der Waals surface area contributed by atoms with Crippen LogP contribution in [0.4, 0.5) is 0 Å². The number of aryl methyl sites for hydroxylation is 1. The van der Waals surface area contributed by atoms with Crippen molar-refractivity contribution in [1.29, 1.82) is 0 Å². The first-order valence-corrected chi connectivity index (χ1v) is 10.2. The highest BCUT2D eigenvalue weighted by atomic mass is 16.2. The molecule has 2 aliphatic heterocycles. The minimum absolute atomic E-state index is 0.179. The first-order valence-electron chi connectivity index (χ1n) is 10.2. The zero-order valence-electron chi connectivity index (χ0n) is 16.1. The Labute approximate surface area is 161 Å². The van der Waals surface area contributed by atoms with Gasteiger partial charge in [0.1, 0.15) is 0 Å². The van der Waals surface area contributed by atoms with Crippen LogP contribution in [0.1, 0.15) is 42.9 Å². The fourth-order valence-electron chi connectivity index (χ4n) is 5.06. The molecule has 1 saturated carbocycles. The molecule has 1 aliphatic carbocycles. The number of hydrogen-bond donors (Lipinski definition) is 0. The third-order valence-electron chi connectivity index (χ3n) is 6.70. The van der Waals surface area contributed by atoms with Gasteiger partial charge < -0.3 is 4.90 Å². The molecule has 5 rings (SSSR count). The van der Waals surface area contributed by atoms with Crippen molar-refractivity contribution in [3.63, 3.8) is 0 Å². The van der Waals surface area contributed by atoms with Crippen molar-refractivity contribution in [2.75, 3.05) is 19.6 Å². The van der Waals surface area contributed by atoms with Crippen molar-refractivity contribution >= 4 is 5.91 Å². The lowest BCUT2D eigenvalue weighted by atomic mass is 9.62. The van der Waals surface area contributed by atoms with Crippen LogP contribution in [0.2, 0.25) is 0 Å². The van der Waals surface area contributed by atoms with E-state index in [-0.39, 0.29) is 11.5 Å². The predicted molar refractivity (Wildman–Crippen MR) is 104 cm³/mol. The van der Waals surface area contributed by atoms with E-state index < -0.39 is 0 Å². The number of piperidine rings is 1. The summed E-state index contributed by atoms with van der Waals surface area (Å²) in [6.07, 6.45) is 8.54. The minimum atomic E-state index is -0.179. The number of β-lactam (4-membered cyclic amide) rings is 1. The average Bonchev–Trinajstić information content (AvgIpc) is 3.43. The summed E-state index contributed by atoms with van der Waals surface area (Å²) in [4.78, 5) is 17.9. The van der Waals surface area contributed by atoms with E-state index in [2.05, 4.69) is 51.4 Å². The van der Waals surface area contributed by atoms with E-state index in [4.69, 9.17) is 0 Å². The molecule has 0 radical (unpaired) electrons. The van der Waals surface area contributed by atoms with Crippen LogP contribution in [0.15, 0.2) is 42.7 Å². The van der Waals surface area contributed by atoms with Gasteiger partial charge in [0.15, 0.2) is 0 Å². The van der Waals surface area contributed by atoms with Crippen molar-refractivity contribution in [3.05, 3.63) is 53.9 Å². The summed E-state index contributed by atoms with van der Waals surface area (Å²) in [5.41, 5.74) is 2.39. The van der Waals surface area contributed by atoms with Gasteiger partial charge in [-0.15, -0.1) is 0 Å². The minimum Gasteiger partial charge on any atom is -0.334 e. The lowest BCUT2D eigenvalue weighted by Gasteiger charge is -2.59. The molecule has 1 aromatic carbocycles. The molecule has 1 aromatic heterocycles. The summed E-state index contributed by atoms with van der Waals surface area (Å²) in [5, 5.41) is 4.27. The van der Waals surface area contributed by atoms with Crippen molar-refractivity contribution in [2.45, 2.75) is 38.3 Å². The van der Waals surface area contributed by atoms with Crippen molar-refractivity contribution in [2.24, 2.45) is 18.4 Å². The van der Waals surface area contributed by atoms with Gasteiger partial charge in [0.2, 0.25) is 5.91 Å². The maximum absolute atomic E-state index is 13.2. The summed E-state index contributed by atoms with van der Waals surface area (Å²) in [7, 11) is 1.96. The lowest BCUT2D eigenvalue weighted by Crippen LogP contribution is -2.66. The average molecular weight is 364 g/mol. The Morgan fingerprint density at radius 2 is 1.89 bits per heavy atom. The quantitative estimate of drug-likeness (QED) is 0.766. The molecule has 0 unspecified atom stereocenters. The largest absolute Gasteiger partial charge is 0.334 e. The number of benzene rings is 1. The monoisotopic (exact) mass is 364 g/mol. The van der Waals surface area contributed by atoms with E-state index in [1.54, 1.807) is 0 Å². The Morgan fingerprint density at radius 1 is 1.15 bits per heavy atom. The molecule has 3 heterocycles.